The van der Waals surface area contributed by atoms with Gasteiger partial charge in [0.15, 0.2) is 0 Å². The van der Waals surface area contributed by atoms with Gasteiger partial charge in [0.2, 0.25) is 0 Å². The van der Waals surface area contributed by atoms with Crippen molar-refractivity contribution in [3.8, 4) is 39.5 Å². The molecule has 0 amide bonds. The minimum absolute atomic E-state index is 0.121. The fourth-order valence-electron chi connectivity index (χ4n) is 2.91. The summed E-state index contributed by atoms with van der Waals surface area (Å²) in [5.74, 6) is 0.688. The minimum atomic E-state index is -0.603. The van der Waals surface area contributed by atoms with Crippen LogP contribution in [-0.4, -0.2) is 32.4 Å². The number of esters is 1. The topological polar surface area (TPSA) is 65.0 Å². The lowest BCUT2D eigenvalue weighted by molar-refractivity contribution is 0.0598. The molecule has 0 radical (unpaired) electrons. The molecule has 5 heteroatoms. The fourth-order valence-corrected chi connectivity index (χ4v) is 2.91. The molecule has 0 aliphatic rings. The molecule has 5 nitrogen and oxygen atoms in total. The van der Waals surface area contributed by atoms with Crippen LogP contribution in [0.15, 0.2) is 60.7 Å². The van der Waals surface area contributed by atoms with E-state index in [9.17, 15) is 9.90 Å². The van der Waals surface area contributed by atoms with E-state index >= 15 is 0 Å². The molecule has 1 N–H and O–H groups in total. The molecule has 3 aromatic rings. The van der Waals surface area contributed by atoms with Gasteiger partial charge in [0.1, 0.15) is 22.8 Å². The molecule has 3 rings (SSSR count). The molecule has 0 atom stereocenters. The van der Waals surface area contributed by atoms with Crippen molar-refractivity contribution in [1.29, 1.82) is 0 Å². The van der Waals surface area contributed by atoms with Crippen LogP contribution in [0.1, 0.15) is 10.4 Å². The van der Waals surface area contributed by atoms with Gasteiger partial charge >= 0.3 is 5.97 Å². The van der Waals surface area contributed by atoms with E-state index in [1.807, 2.05) is 24.3 Å². The summed E-state index contributed by atoms with van der Waals surface area (Å²) >= 11 is 0. The molecule has 0 aliphatic carbocycles. The highest BCUT2D eigenvalue weighted by atomic mass is 16.5. The molecule has 0 aliphatic heterocycles. The molecule has 0 bridgehead atoms. The Morgan fingerprint density at radius 1 is 0.704 bits per heavy atom. The maximum Gasteiger partial charge on any atom is 0.342 e. The van der Waals surface area contributed by atoms with Crippen LogP contribution in [0.5, 0.6) is 17.2 Å². The van der Waals surface area contributed by atoms with Gasteiger partial charge in [0.25, 0.3) is 0 Å². The van der Waals surface area contributed by atoms with E-state index in [0.717, 1.165) is 11.1 Å². The van der Waals surface area contributed by atoms with Crippen molar-refractivity contribution in [2.45, 2.75) is 0 Å². The number of carbonyl (C=O) groups excluding carboxylic acids is 1. The summed E-state index contributed by atoms with van der Waals surface area (Å²) in [7, 11) is 4.47. The van der Waals surface area contributed by atoms with E-state index in [1.54, 1.807) is 50.6 Å². The van der Waals surface area contributed by atoms with E-state index < -0.39 is 5.97 Å². The molecule has 27 heavy (non-hydrogen) atoms. The van der Waals surface area contributed by atoms with Crippen LogP contribution >= 0.6 is 0 Å². The van der Waals surface area contributed by atoms with Gasteiger partial charge < -0.3 is 19.3 Å². The zero-order valence-corrected chi connectivity index (χ0v) is 15.4. The Hall–Kier alpha value is -3.47. The Morgan fingerprint density at radius 3 is 1.59 bits per heavy atom. The number of aromatic hydroxyl groups is 1. The Labute approximate surface area is 157 Å². The summed E-state index contributed by atoms with van der Waals surface area (Å²) in [6, 6.07) is 18.1. The average molecular weight is 364 g/mol. The Morgan fingerprint density at radius 2 is 1.15 bits per heavy atom. The number of phenolic OH excluding ortho intramolecular Hbond substituents is 1. The number of phenols is 1. The van der Waals surface area contributed by atoms with Crippen molar-refractivity contribution < 1.29 is 24.1 Å². The van der Waals surface area contributed by atoms with Gasteiger partial charge in [0, 0.05) is 5.56 Å². The highest BCUT2D eigenvalue weighted by molar-refractivity contribution is 6.02. The van der Waals surface area contributed by atoms with Crippen LogP contribution in [0.2, 0.25) is 0 Å². The predicted octanol–water partition coefficient (Wildman–Crippen LogP) is 4.53. The van der Waals surface area contributed by atoms with Crippen LogP contribution in [-0.2, 0) is 4.74 Å². The van der Waals surface area contributed by atoms with Gasteiger partial charge in [-0.2, -0.15) is 0 Å². The molecule has 3 aromatic carbocycles. The SMILES string of the molecule is COC(=O)c1c(-c2ccc(OC)cc2)ccc(-c2ccc(OC)cc2)c1O. The third kappa shape index (κ3) is 3.58. The van der Waals surface area contributed by atoms with Gasteiger partial charge in [-0.05, 0) is 47.0 Å². The van der Waals surface area contributed by atoms with Gasteiger partial charge in [0.05, 0.1) is 21.3 Å². The van der Waals surface area contributed by atoms with E-state index in [0.29, 0.717) is 22.6 Å². The quantitative estimate of drug-likeness (QED) is 0.674. The number of hydrogen-bond donors (Lipinski definition) is 1. The minimum Gasteiger partial charge on any atom is -0.506 e. The van der Waals surface area contributed by atoms with Gasteiger partial charge in [-0.25, -0.2) is 4.79 Å². The van der Waals surface area contributed by atoms with Crippen LogP contribution in [0, 0.1) is 0 Å². The first kappa shape index (κ1) is 18.3. The number of carbonyl (C=O) groups is 1. The summed E-state index contributed by atoms with van der Waals surface area (Å²) in [5.41, 5.74) is 2.78. The molecule has 0 aromatic heterocycles. The maximum absolute atomic E-state index is 12.4. The summed E-state index contributed by atoms with van der Waals surface area (Å²) in [5, 5.41) is 10.9. The third-order valence-electron chi connectivity index (χ3n) is 4.37. The fraction of sp³-hybridized carbons (Fsp3) is 0.136. The molecule has 138 valence electrons. The van der Waals surface area contributed by atoms with E-state index in [-0.39, 0.29) is 11.3 Å². The molecule has 0 unspecified atom stereocenters. The van der Waals surface area contributed by atoms with Crippen LogP contribution < -0.4 is 9.47 Å². The lowest BCUT2D eigenvalue weighted by Gasteiger charge is -2.14. The second-order valence-electron chi connectivity index (χ2n) is 5.83. The number of benzene rings is 3. The predicted molar refractivity (Wildman–Crippen MR) is 103 cm³/mol. The first-order valence-corrected chi connectivity index (χ1v) is 8.32. The summed E-state index contributed by atoms with van der Waals surface area (Å²) in [6.07, 6.45) is 0. The normalized spacial score (nSPS) is 10.3. The van der Waals surface area contributed by atoms with Crippen LogP contribution in [0.25, 0.3) is 22.3 Å². The number of ether oxygens (including phenoxy) is 3. The smallest absolute Gasteiger partial charge is 0.342 e. The van der Waals surface area contributed by atoms with Crippen molar-refractivity contribution in [3.63, 3.8) is 0 Å². The van der Waals surface area contributed by atoms with E-state index in [1.165, 1.54) is 7.11 Å². The monoisotopic (exact) mass is 364 g/mol. The Balaban J connectivity index is 2.14. The Bertz CT molecular complexity index is 944. The lowest BCUT2D eigenvalue weighted by atomic mass is 9.93. The third-order valence-corrected chi connectivity index (χ3v) is 4.37. The Kier molecular flexibility index (Phi) is 5.31. The lowest BCUT2D eigenvalue weighted by Crippen LogP contribution is -2.05. The molecular weight excluding hydrogens is 344 g/mol. The van der Waals surface area contributed by atoms with Crippen molar-refractivity contribution in [3.05, 3.63) is 66.2 Å². The zero-order chi connectivity index (χ0) is 19.4. The zero-order valence-electron chi connectivity index (χ0n) is 15.4. The number of rotatable bonds is 5. The van der Waals surface area contributed by atoms with Crippen LogP contribution in [0.4, 0.5) is 0 Å². The van der Waals surface area contributed by atoms with Crippen LogP contribution in [0.3, 0.4) is 0 Å². The second-order valence-corrected chi connectivity index (χ2v) is 5.83. The number of methoxy groups -OCH3 is 3. The molecule has 0 heterocycles. The molecule has 0 spiro atoms. The van der Waals surface area contributed by atoms with E-state index in [2.05, 4.69) is 0 Å². The molecule has 0 saturated heterocycles. The van der Waals surface area contributed by atoms with Gasteiger partial charge in [-0.15, -0.1) is 0 Å². The standard InChI is InChI=1S/C22H20O5/c1-25-16-8-4-14(5-9-16)18-12-13-19(21(23)20(18)22(24)27-3)15-6-10-17(26-2)11-7-15/h4-13,23H,1-3H3. The van der Waals surface area contributed by atoms with Crippen molar-refractivity contribution >= 4 is 5.97 Å². The summed E-state index contributed by atoms with van der Waals surface area (Å²) in [6.45, 7) is 0. The largest absolute Gasteiger partial charge is 0.506 e. The van der Waals surface area contributed by atoms with Crippen molar-refractivity contribution in [2.24, 2.45) is 0 Å². The summed E-state index contributed by atoms with van der Waals surface area (Å²) < 4.78 is 15.2. The highest BCUT2D eigenvalue weighted by Gasteiger charge is 2.22. The second kappa shape index (κ2) is 7.83. The average Bonchev–Trinajstić information content (AvgIpc) is 2.73. The first-order chi connectivity index (χ1) is 13.1. The van der Waals surface area contributed by atoms with Crippen molar-refractivity contribution in [2.75, 3.05) is 21.3 Å². The van der Waals surface area contributed by atoms with Gasteiger partial charge in [-0.1, -0.05) is 30.3 Å². The molecule has 0 fully saturated rings. The molecular formula is C22H20O5. The van der Waals surface area contributed by atoms with Crippen molar-refractivity contribution in [1.82, 2.24) is 0 Å². The summed E-state index contributed by atoms with van der Waals surface area (Å²) in [4.78, 5) is 12.4. The maximum atomic E-state index is 12.4. The first-order valence-electron chi connectivity index (χ1n) is 8.32. The molecule has 0 saturated carbocycles. The van der Waals surface area contributed by atoms with Gasteiger partial charge in [-0.3, -0.25) is 0 Å². The number of hydrogen-bond acceptors (Lipinski definition) is 5. The van der Waals surface area contributed by atoms with E-state index in [4.69, 9.17) is 14.2 Å². The highest BCUT2D eigenvalue weighted by Crippen LogP contribution is 2.39.